The zero-order chi connectivity index (χ0) is 35.2. The number of aromatic nitrogens is 3. The zero-order valence-electron chi connectivity index (χ0n) is 28.0. The molecule has 4 aromatic rings. The number of nitrogens with zero attached hydrogens (tertiary/aromatic N) is 5. The molecule has 2 saturated carbocycles. The largest absolute Gasteiger partial charge is 0.508 e. The van der Waals surface area contributed by atoms with Crippen LogP contribution in [0.3, 0.4) is 0 Å². The Morgan fingerprint density at radius 2 is 1.82 bits per heavy atom. The first-order valence-corrected chi connectivity index (χ1v) is 17.4. The number of phenols is 1. The van der Waals surface area contributed by atoms with E-state index in [1.165, 1.54) is 31.4 Å². The number of aromatic hydroxyl groups is 1. The van der Waals surface area contributed by atoms with Crippen LogP contribution >= 0.6 is 0 Å². The molecular formula is C38H36F4N6O3. The topological polar surface area (TPSA) is 95.9 Å². The number of anilines is 1. The highest BCUT2D eigenvalue weighted by atomic mass is 19.3. The second-order valence-electron chi connectivity index (χ2n) is 15.0. The molecule has 9 rings (SSSR count). The molecule has 2 aliphatic carbocycles. The van der Waals surface area contributed by atoms with Crippen LogP contribution < -0.4 is 19.7 Å². The van der Waals surface area contributed by atoms with Crippen molar-refractivity contribution in [2.24, 2.45) is 10.8 Å². The van der Waals surface area contributed by atoms with Crippen LogP contribution in [0.5, 0.6) is 17.6 Å². The number of phenolic OH excluding ortho intramolecular Hbond substituents is 1. The van der Waals surface area contributed by atoms with Crippen LogP contribution in [0, 0.1) is 34.8 Å². The average Bonchev–Trinajstić information content (AvgIpc) is 4.00. The number of hydrogen-bond acceptors (Lipinski definition) is 9. The fourth-order valence-corrected chi connectivity index (χ4v) is 8.62. The maximum Gasteiger partial charge on any atom is 0.319 e. The Morgan fingerprint density at radius 1 is 1.06 bits per heavy atom. The first-order chi connectivity index (χ1) is 24.6. The lowest BCUT2D eigenvalue weighted by Crippen LogP contribution is -2.51. The summed E-state index contributed by atoms with van der Waals surface area (Å²) in [4.78, 5) is 18.2. The lowest BCUT2D eigenvalue weighted by molar-refractivity contribution is 0.167. The van der Waals surface area contributed by atoms with Gasteiger partial charge in [0.2, 0.25) is 5.88 Å². The standard InChI is InChI=1S/C38H36F4N6O3/c1-3-24-27(39)7-4-20-12-23(49)13-25(28(20)24)31-30(40)32-29(35(44-31)50-2)34(48-14-21-5-6-22(15-48)43-21)46-36(45-32)51-19-37(8-9-37)17-47-16-26(33(41)42)38(18-47)10-11-38/h1,4,7,12-13,21-22,43,49H,5-6,8-11,14-19H2,2H3. The van der Waals surface area contributed by atoms with Gasteiger partial charge in [-0.3, -0.25) is 4.90 Å². The molecule has 2 atom stereocenters. The van der Waals surface area contributed by atoms with E-state index >= 15 is 4.39 Å². The monoisotopic (exact) mass is 700 g/mol. The van der Waals surface area contributed by atoms with Gasteiger partial charge in [0.15, 0.2) is 5.82 Å². The summed E-state index contributed by atoms with van der Waals surface area (Å²) >= 11 is 0. The van der Waals surface area contributed by atoms with Crippen molar-refractivity contribution < 1.29 is 32.1 Å². The minimum atomic E-state index is -1.56. The summed E-state index contributed by atoms with van der Waals surface area (Å²) in [5, 5.41) is 15.1. The third-order valence-corrected chi connectivity index (χ3v) is 11.5. The van der Waals surface area contributed by atoms with E-state index in [-0.39, 0.29) is 92.4 Å². The first kappa shape index (κ1) is 32.3. The Balaban J connectivity index is 1.14. The van der Waals surface area contributed by atoms with E-state index in [9.17, 15) is 18.3 Å². The zero-order valence-corrected chi connectivity index (χ0v) is 28.0. The molecule has 2 bridgehead atoms. The van der Waals surface area contributed by atoms with Crippen LogP contribution in [0.25, 0.3) is 32.9 Å². The Hall–Kier alpha value is -4.67. The quantitative estimate of drug-likeness (QED) is 0.166. The molecule has 3 saturated heterocycles. The van der Waals surface area contributed by atoms with E-state index in [0.29, 0.717) is 37.4 Å². The predicted octanol–water partition coefficient (Wildman–Crippen LogP) is 6.16. The molecule has 264 valence electrons. The Labute approximate surface area is 291 Å². The Kier molecular flexibility index (Phi) is 7.39. The summed E-state index contributed by atoms with van der Waals surface area (Å²) in [7, 11) is 1.42. The molecule has 1 spiro atoms. The Morgan fingerprint density at radius 3 is 2.47 bits per heavy atom. The Bertz CT molecular complexity index is 2180. The number of piperazine rings is 1. The molecule has 5 aliphatic rings. The number of hydrogen-bond donors (Lipinski definition) is 2. The van der Waals surface area contributed by atoms with Crippen LogP contribution in [0.15, 0.2) is 35.9 Å². The maximum absolute atomic E-state index is 17.1. The van der Waals surface area contributed by atoms with Crippen LogP contribution in [0.4, 0.5) is 23.4 Å². The van der Waals surface area contributed by atoms with Gasteiger partial charge in [0.05, 0.1) is 19.3 Å². The molecule has 2 unspecified atom stereocenters. The number of rotatable bonds is 8. The lowest BCUT2D eigenvalue weighted by Gasteiger charge is -2.34. The van der Waals surface area contributed by atoms with E-state index in [1.54, 1.807) is 0 Å². The van der Waals surface area contributed by atoms with Crippen molar-refractivity contribution in [1.82, 2.24) is 25.2 Å². The summed E-state index contributed by atoms with van der Waals surface area (Å²) < 4.78 is 71.6. The van der Waals surface area contributed by atoms with Gasteiger partial charge < -0.3 is 24.8 Å². The van der Waals surface area contributed by atoms with Gasteiger partial charge in [-0.2, -0.15) is 18.7 Å². The van der Waals surface area contributed by atoms with E-state index in [4.69, 9.17) is 20.9 Å². The molecular weight excluding hydrogens is 664 g/mol. The SMILES string of the molecule is C#Cc1c(F)ccc2cc(O)cc(-c3nc(OC)c4c(N5CC6CCC(C5)N6)nc(OCC5(CN6CC(=C(F)F)C7(CC7)C6)CC5)nc4c3F)c12. The predicted molar refractivity (Wildman–Crippen MR) is 183 cm³/mol. The minimum Gasteiger partial charge on any atom is -0.508 e. The maximum atomic E-state index is 17.1. The minimum absolute atomic E-state index is 0.0284. The van der Waals surface area contributed by atoms with Crippen molar-refractivity contribution >= 4 is 27.5 Å². The van der Waals surface area contributed by atoms with Crippen molar-refractivity contribution in [2.75, 3.05) is 51.3 Å². The molecule has 2 aromatic heterocycles. The van der Waals surface area contributed by atoms with E-state index in [2.05, 4.69) is 31.0 Å². The van der Waals surface area contributed by atoms with Crippen LogP contribution in [0.1, 0.15) is 44.1 Å². The van der Waals surface area contributed by atoms with Crippen molar-refractivity contribution in [1.29, 1.82) is 0 Å². The van der Waals surface area contributed by atoms with Crippen LogP contribution in [-0.2, 0) is 0 Å². The highest BCUT2D eigenvalue weighted by molar-refractivity contribution is 6.04. The fraction of sp³-hybridized carbons (Fsp3) is 0.447. The van der Waals surface area contributed by atoms with Crippen molar-refractivity contribution in [3.8, 4) is 41.2 Å². The number of pyridine rings is 1. The molecule has 9 nitrogen and oxygen atoms in total. The molecule has 13 heteroatoms. The van der Waals surface area contributed by atoms with E-state index in [1.807, 2.05) is 0 Å². The average molecular weight is 701 g/mol. The number of methoxy groups -OCH3 is 1. The number of ether oxygens (including phenoxy) is 2. The van der Waals surface area contributed by atoms with Gasteiger partial charge in [0, 0.05) is 72.2 Å². The highest BCUT2D eigenvalue weighted by Crippen LogP contribution is 2.58. The van der Waals surface area contributed by atoms with Crippen molar-refractivity contribution in [3.63, 3.8) is 0 Å². The van der Waals surface area contributed by atoms with Crippen LogP contribution in [0.2, 0.25) is 0 Å². The number of nitrogens with one attached hydrogen (secondary N) is 1. The van der Waals surface area contributed by atoms with Gasteiger partial charge >= 0.3 is 6.01 Å². The van der Waals surface area contributed by atoms with Gasteiger partial charge in [0.1, 0.15) is 34.0 Å². The second-order valence-corrected chi connectivity index (χ2v) is 15.0. The smallest absolute Gasteiger partial charge is 0.319 e. The summed E-state index contributed by atoms with van der Waals surface area (Å²) in [6.45, 7) is 2.99. The molecule has 2 N–H and O–H groups in total. The number of benzene rings is 2. The van der Waals surface area contributed by atoms with Gasteiger partial charge in [-0.05, 0) is 62.1 Å². The van der Waals surface area contributed by atoms with Crippen molar-refractivity contribution in [3.05, 3.63) is 53.1 Å². The molecule has 5 fully saturated rings. The summed E-state index contributed by atoms with van der Waals surface area (Å²) in [5.41, 5.74) is -0.700. The summed E-state index contributed by atoms with van der Waals surface area (Å²) in [6, 6.07) is 5.81. The molecule has 0 amide bonds. The number of likely N-dealkylation sites (tertiary alicyclic amines) is 1. The third-order valence-electron chi connectivity index (χ3n) is 11.5. The van der Waals surface area contributed by atoms with Gasteiger partial charge in [-0.15, -0.1) is 6.42 Å². The number of terminal acetylenes is 1. The van der Waals surface area contributed by atoms with Gasteiger partial charge in [-0.1, -0.05) is 12.0 Å². The first-order valence-electron chi connectivity index (χ1n) is 17.4. The normalized spacial score (nSPS) is 22.9. The second kappa shape index (κ2) is 11.7. The van der Waals surface area contributed by atoms with E-state index < -0.39 is 17.7 Å². The fourth-order valence-electron chi connectivity index (χ4n) is 8.62. The third kappa shape index (κ3) is 5.42. The van der Waals surface area contributed by atoms with E-state index in [0.717, 1.165) is 38.5 Å². The highest BCUT2D eigenvalue weighted by Gasteiger charge is 2.56. The molecule has 0 radical (unpaired) electrons. The molecule has 5 heterocycles. The molecule has 2 aromatic carbocycles. The van der Waals surface area contributed by atoms with Gasteiger partial charge in [-0.25, -0.2) is 13.8 Å². The summed E-state index contributed by atoms with van der Waals surface area (Å²) in [6.07, 6.45) is 9.49. The van der Waals surface area contributed by atoms with Crippen LogP contribution in [-0.4, -0.2) is 83.5 Å². The van der Waals surface area contributed by atoms with Gasteiger partial charge in [0.25, 0.3) is 6.08 Å². The van der Waals surface area contributed by atoms with Crippen molar-refractivity contribution in [2.45, 2.75) is 50.6 Å². The number of fused-ring (bicyclic) bond motifs is 4. The summed E-state index contributed by atoms with van der Waals surface area (Å²) in [5.74, 6) is 1.15. The lowest BCUT2D eigenvalue weighted by atomic mass is 9.95. The number of halogens is 4. The molecule has 51 heavy (non-hydrogen) atoms. The molecule has 3 aliphatic heterocycles.